The summed E-state index contributed by atoms with van der Waals surface area (Å²) >= 11 is 0. The molecule has 3 heteroatoms. The first-order valence-electron chi connectivity index (χ1n) is 8.43. The Morgan fingerprint density at radius 3 is 2.50 bits per heavy atom. The molecule has 0 bridgehead atoms. The first-order valence-corrected chi connectivity index (χ1v) is 8.43. The van der Waals surface area contributed by atoms with E-state index in [1.54, 1.807) is 12.1 Å². The number of aromatic nitrogens is 1. The maximum Gasteiger partial charge on any atom is 0.123 e. The minimum absolute atomic E-state index is 0.130. The van der Waals surface area contributed by atoms with E-state index in [2.05, 4.69) is 55.9 Å². The fourth-order valence-corrected chi connectivity index (χ4v) is 2.97. The van der Waals surface area contributed by atoms with Crippen LogP contribution in [0.5, 0.6) is 0 Å². The van der Waals surface area contributed by atoms with Crippen molar-refractivity contribution in [1.82, 2.24) is 9.88 Å². The van der Waals surface area contributed by atoms with Gasteiger partial charge in [-0.2, -0.15) is 0 Å². The highest BCUT2D eigenvalue weighted by Crippen LogP contribution is 2.31. The number of rotatable bonds is 4. The number of nitrogens with one attached hydrogen (secondary N) is 1. The Morgan fingerprint density at radius 1 is 1.04 bits per heavy atom. The summed E-state index contributed by atoms with van der Waals surface area (Å²) in [5.74, 6) is -0.205. The molecule has 0 radical (unpaired) electrons. The van der Waals surface area contributed by atoms with Crippen molar-refractivity contribution in [3.8, 4) is 11.3 Å². The number of halogens is 1. The van der Waals surface area contributed by atoms with E-state index in [1.807, 2.05) is 12.1 Å². The Bertz CT molecular complexity index is 842. The summed E-state index contributed by atoms with van der Waals surface area (Å²) in [6, 6.07) is 15.1. The molecule has 0 amide bonds. The van der Waals surface area contributed by atoms with E-state index in [4.69, 9.17) is 0 Å². The molecule has 1 heterocycles. The van der Waals surface area contributed by atoms with Crippen LogP contribution in [0.15, 0.2) is 48.5 Å². The summed E-state index contributed by atoms with van der Waals surface area (Å²) < 4.78 is 13.7. The van der Waals surface area contributed by atoms with Crippen LogP contribution in [-0.4, -0.2) is 29.0 Å². The average molecular weight is 324 g/mol. The second kappa shape index (κ2) is 6.40. The molecule has 2 nitrogen and oxygen atoms in total. The van der Waals surface area contributed by atoms with Crippen LogP contribution >= 0.6 is 0 Å². The van der Waals surface area contributed by atoms with Crippen molar-refractivity contribution in [1.29, 1.82) is 0 Å². The Morgan fingerprint density at radius 2 is 1.79 bits per heavy atom. The van der Waals surface area contributed by atoms with Crippen molar-refractivity contribution in [3.63, 3.8) is 0 Å². The molecule has 0 aliphatic heterocycles. The smallest absolute Gasteiger partial charge is 0.123 e. The molecule has 126 valence electrons. The second-order valence-corrected chi connectivity index (χ2v) is 7.38. The maximum atomic E-state index is 13.7. The predicted octanol–water partition coefficient (Wildman–Crippen LogP) is 5.25. The molecule has 0 aliphatic carbocycles. The van der Waals surface area contributed by atoms with Crippen LogP contribution in [0, 0.1) is 5.82 Å². The third-order valence-corrected chi connectivity index (χ3v) is 4.77. The molecule has 24 heavy (non-hydrogen) atoms. The largest absolute Gasteiger partial charge is 0.354 e. The third kappa shape index (κ3) is 3.36. The van der Waals surface area contributed by atoms with Gasteiger partial charge >= 0.3 is 0 Å². The van der Waals surface area contributed by atoms with Gasteiger partial charge in [-0.1, -0.05) is 30.3 Å². The number of likely N-dealkylation sites (N-methyl/N-ethyl adjacent to an activating group) is 1. The summed E-state index contributed by atoms with van der Waals surface area (Å²) in [5.41, 5.74) is 4.42. The van der Waals surface area contributed by atoms with Gasteiger partial charge in [0.1, 0.15) is 5.82 Å². The molecule has 2 aromatic carbocycles. The number of H-pyrrole nitrogens is 1. The van der Waals surface area contributed by atoms with Crippen molar-refractivity contribution >= 4 is 10.9 Å². The topological polar surface area (TPSA) is 19.0 Å². The van der Waals surface area contributed by atoms with Crippen LogP contribution in [0.1, 0.15) is 26.3 Å². The van der Waals surface area contributed by atoms with E-state index >= 15 is 0 Å². The molecule has 3 rings (SSSR count). The Labute approximate surface area is 143 Å². The Kier molecular flexibility index (Phi) is 4.46. The van der Waals surface area contributed by atoms with E-state index in [9.17, 15) is 4.39 Å². The van der Waals surface area contributed by atoms with Gasteiger partial charge in [0, 0.05) is 34.2 Å². The summed E-state index contributed by atoms with van der Waals surface area (Å²) in [6.45, 7) is 7.61. The highest BCUT2D eigenvalue weighted by atomic mass is 19.1. The zero-order valence-electron chi connectivity index (χ0n) is 14.9. The Balaban J connectivity index is 2.03. The fourth-order valence-electron chi connectivity index (χ4n) is 2.97. The lowest BCUT2D eigenvalue weighted by molar-refractivity contribution is 0.178. The van der Waals surface area contributed by atoms with Crippen LogP contribution in [0.4, 0.5) is 4.39 Å². The van der Waals surface area contributed by atoms with Crippen molar-refractivity contribution in [2.45, 2.75) is 32.7 Å². The number of hydrogen-bond donors (Lipinski definition) is 1. The van der Waals surface area contributed by atoms with Crippen LogP contribution in [0.3, 0.4) is 0 Å². The van der Waals surface area contributed by atoms with E-state index in [0.717, 1.165) is 29.7 Å². The summed E-state index contributed by atoms with van der Waals surface area (Å²) in [4.78, 5) is 5.84. The van der Waals surface area contributed by atoms with Crippen LogP contribution < -0.4 is 0 Å². The Hall–Kier alpha value is -2.13. The molecule has 0 aliphatic rings. The van der Waals surface area contributed by atoms with Gasteiger partial charge in [0.25, 0.3) is 0 Å². The molecule has 0 spiro atoms. The zero-order valence-corrected chi connectivity index (χ0v) is 14.9. The number of nitrogens with zero attached hydrogens (tertiary/aromatic N) is 1. The second-order valence-electron chi connectivity index (χ2n) is 7.38. The molecule has 0 unspecified atom stereocenters. The van der Waals surface area contributed by atoms with Crippen molar-refractivity contribution in [2.75, 3.05) is 13.6 Å². The standard InChI is InChI=1S/C21H25FN2/c1-21(2,3)24(4)13-12-18-17-10-5-6-11-19(17)23-20(18)15-8-7-9-16(22)14-15/h5-11,14,23H,12-13H2,1-4H3. The average Bonchev–Trinajstić information content (AvgIpc) is 2.90. The number of hydrogen-bond acceptors (Lipinski definition) is 1. The summed E-state index contributed by atoms with van der Waals surface area (Å²) in [6.07, 6.45) is 0.920. The van der Waals surface area contributed by atoms with Gasteiger partial charge in [-0.25, -0.2) is 4.39 Å². The van der Waals surface area contributed by atoms with Gasteiger partial charge in [-0.15, -0.1) is 0 Å². The highest BCUT2D eigenvalue weighted by molar-refractivity contribution is 5.90. The maximum absolute atomic E-state index is 13.7. The molecule has 1 aromatic heterocycles. The number of aromatic amines is 1. The molecule has 0 atom stereocenters. The van der Waals surface area contributed by atoms with Gasteiger partial charge in [0.15, 0.2) is 0 Å². The minimum Gasteiger partial charge on any atom is -0.354 e. The number of para-hydroxylation sites is 1. The molecule has 0 saturated carbocycles. The van der Waals surface area contributed by atoms with Crippen molar-refractivity contribution in [2.24, 2.45) is 0 Å². The lowest BCUT2D eigenvalue weighted by Crippen LogP contribution is -2.39. The predicted molar refractivity (Wildman–Crippen MR) is 99.8 cm³/mol. The SMILES string of the molecule is CN(CCc1c(-c2cccc(F)c2)[nH]c2ccccc12)C(C)(C)C. The molecular weight excluding hydrogens is 299 g/mol. The van der Waals surface area contributed by atoms with Crippen molar-refractivity contribution in [3.05, 3.63) is 59.9 Å². The van der Waals surface area contributed by atoms with E-state index < -0.39 is 0 Å². The quantitative estimate of drug-likeness (QED) is 0.695. The molecule has 0 saturated heterocycles. The fraction of sp³-hybridized carbons (Fsp3) is 0.333. The van der Waals surface area contributed by atoms with Gasteiger partial charge in [-0.05, 0) is 58.0 Å². The summed E-state index contributed by atoms with van der Waals surface area (Å²) in [5, 5.41) is 1.22. The molecule has 0 fully saturated rings. The molecule has 1 N–H and O–H groups in total. The normalized spacial score (nSPS) is 12.2. The lowest BCUT2D eigenvalue weighted by atomic mass is 10.0. The zero-order chi connectivity index (χ0) is 17.3. The van der Waals surface area contributed by atoms with Gasteiger partial charge in [-0.3, -0.25) is 0 Å². The van der Waals surface area contributed by atoms with Crippen LogP contribution in [-0.2, 0) is 6.42 Å². The lowest BCUT2D eigenvalue weighted by Gasteiger charge is -2.31. The van der Waals surface area contributed by atoms with Gasteiger partial charge in [0.05, 0.1) is 0 Å². The summed E-state index contributed by atoms with van der Waals surface area (Å²) in [7, 11) is 2.15. The van der Waals surface area contributed by atoms with Crippen molar-refractivity contribution < 1.29 is 4.39 Å². The van der Waals surface area contributed by atoms with Crippen LogP contribution in [0.2, 0.25) is 0 Å². The highest BCUT2D eigenvalue weighted by Gasteiger charge is 2.19. The first-order chi connectivity index (χ1) is 11.4. The van der Waals surface area contributed by atoms with Crippen LogP contribution in [0.25, 0.3) is 22.2 Å². The molecular formula is C21H25FN2. The first kappa shape index (κ1) is 16.7. The third-order valence-electron chi connectivity index (χ3n) is 4.77. The molecule has 3 aromatic rings. The van der Waals surface area contributed by atoms with E-state index in [-0.39, 0.29) is 11.4 Å². The van der Waals surface area contributed by atoms with E-state index in [1.165, 1.54) is 17.0 Å². The van der Waals surface area contributed by atoms with Gasteiger partial charge in [0.2, 0.25) is 0 Å². The minimum atomic E-state index is -0.205. The monoisotopic (exact) mass is 324 g/mol. The number of benzene rings is 2. The van der Waals surface area contributed by atoms with E-state index in [0.29, 0.717) is 0 Å². The van der Waals surface area contributed by atoms with Gasteiger partial charge < -0.3 is 9.88 Å². The number of fused-ring (bicyclic) bond motifs is 1.